The molecule has 1 aromatic rings. The van der Waals surface area contributed by atoms with Crippen molar-refractivity contribution in [2.45, 2.75) is 13.8 Å². The number of nitrogens with zero attached hydrogens (tertiary/aromatic N) is 1. The van der Waals surface area contributed by atoms with Crippen molar-refractivity contribution in [2.24, 2.45) is 0 Å². The van der Waals surface area contributed by atoms with Crippen LogP contribution in [0.3, 0.4) is 0 Å². The van der Waals surface area contributed by atoms with Gasteiger partial charge in [-0.15, -0.1) is 0 Å². The van der Waals surface area contributed by atoms with Gasteiger partial charge in [0.15, 0.2) is 0 Å². The van der Waals surface area contributed by atoms with E-state index in [0.29, 0.717) is 12.1 Å². The Labute approximate surface area is 103 Å². The maximum atomic E-state index is 9.01. The molecule has 94 valence electrons. The van der Waals surface area contributed by atoms with E-state index in [1.54, 1.807) is 12.1 Å². The van der Waals surface area contributed by atoms with E-state index in [2.05, 4.69) is 11.8 Å². The molecule has 0 heterocycles. The summed E-state index contributed by atoms with van der Waals surface area (Å²) in [7, 11) is -1.40. The van der Waals surface area contributed by atoms with Crippen LogP contribution in [0.15, 0.2) is 24.3 Å². The molecular formula is C12H20BNO3. The molecule has 1 aromatic carbocycles. The molecule has 0 saturated heterocycles. The third-order valence-corrected chi connectivity index (χ3v) is 2.65. The molecule has 1 rings (SSSR count). The lowest BCUT2D eigenvalue weighted by Crippen LogP contribution is -2.31. The molecule has 17 heavy (non-hydrogen) atoms. The van der Waals surface area contributed by atoms with Gasteiger partial charge in [0.25, 0.3) is 0 Å². The van der Waals surface area contributed by atoms with E-state index in [1.165, 1.54) is 0 Å². The largest absolute Gasteiger partial charge is 0.488 e. The molecule has 0 radical (unpaired) electrons. The summed E-state index contributed by atoms with van der Waals surface area (Å²) in [5.74, 6) is 0. The summed E-state index contributed by atoms with van der Waals surface area (Å²) >= 11 is 0. The summed E-state index contributed by atoms with van der Waals surface area (Å²) in [5, 5.41) is 18.0. The zero-order valence-electron chi connectivity index (χ0n) is 10.5. The standard InChI is InChI=1S/C12H20BNO3/c1-3-14(9-10-17-4-2)12-7-5-11(6-8-12)13(15)16/h5-8,15-16H,3-4,9-10H2,1-2H3. The summed E-state index contributed by atoms with van der Waals surface area (Å²) in [6.45, 7) is 7.23. The second kappa shape index (κ2) is 7.32. The van der Waals surface area contributed by atoms with Crippen LogP contribution in [-0.4, -0.2) is 43.5 Å². The van der Waals surface area contributed by atoms with Gasteiger partial charge in [0.1, 0.15) is 0 Å². The minimum absolute atomic E-state index is 0.509. The molecule has 4 nitrogen and oxygen atoms in total. The van der Waals surface area contributed by atoms with Gasteiger partial charge < -0.3 is 19.7 Å². The van der Waals surface area contributed by atoms with Gasteiger partial charge >= 0.3 is 7.12 Å². The van der Waals surface area contributed by atoms with Gasteiger partial charge in [-0.1, -0.05) is 12.1 Å². The van der Waals surface area contributed by atoms with E-state index in [9.17, 15) is 0 Å². The van der Waals surface area contributed by atoms with Crippen LogP contribution in [0.25, 0.3) is 0 Å². The Bertz CT molecular complexity index is 316. The molecule has 0 aliphatic heterocycles. The van der Waals surface area contributed by atoms with Crippen molar-refractivity contribution < 1.29 is 14.8 Å². The van der Waals surface area contributed by atoms with Crippen LogP contribution in [0.4, 0.5) is 5.69 Å². The van der Waals surface area contributed by atoms with Gasteiger partial charge in [0.05, 0.1) is 6.61 Å². The van der Waals surface area contributed by atoms with Gasteiger partial charge in [0, 0.05) is 25.4 Å². The van der Waals surface area contributed by atoms with E-state index >= 15 is 0 Å². The molecule has 0 saturated carbocycles. The number of hydrogen-bond donors (Lipinski definition) is 2. The number of benzene rings is 1. The van der Waals surface area contributed by atoms with Gasteiger partial charge in [-0.25, -0.2) is 0 Å². The normalized spacial score (nSPS) is 10.4. The topological polar surface area (TPSA) is 52.9 Å². The molecule has 0 bridgehead atoms. The van der Waals surface area contributed by atoms with Gasteiger partial charge in [-0.2, -0.15) is 0 Å². The maximum absolute atomic E-state index is 9.01. The van der Waals surface area contributed by atoms with Crippen LogP contribution in [0.2, 0.25) is 0 Å². The molecule has 2 N–H and O–H groups in total. The van der Waals surface area contributed by atoms with E-state index in [4.69, 9.17) is 14.8 Å². The van der Waals surface area contributed by atoms with Gasteiger partial charge in [-0.3, -0.25) is 0 Å². The number of ether oxygens (including phenoxy) is 1. The molecule has 0 aliphatic rings. The zero-order chi connectivity index (χ0) is 12.7. The molecule has 0 unspecified atom stereocenters. The van der Waals surface area contributed by atoms with Crippen LogP contribution >= 0.6 is 0 Å². The van der Waals surface area contributed by atoms with Crippen LogP contribution in [0.5, 0.6) is 0 Å². The highest BCUT2D eigenvalue weighted by molar-refractivity contribution is 6.58. The highest BCUT2D eigenvalue weighted by Gasteiger charge is 2.11. The Morgan fingerprint density at radius 2 is 1.82 bits per heavy atom. The minimum Gasteiger partial charge on any atom is -0.423 e. The summed E-state index contributed by atoms with van der Waals surface area (Å²) in [6.07, 6.45) is 0. The molecule has 5 heteroatoms. The predicted molar refractivity (Wildman–Crippen MR) is 70.6 cm³/mol. The Hall–Kier alpha value is -1.04. The Morgan fingerprint density at radius 3 is 2.29 bits per heavy atom. The monoisotopic (exact) mass is 237 g/mol. The van der Waals surface area contributed by atoms with Crippen molar-refractivity contribution in [1.82, 2.24) is 0 Å². The summed E-state index contributed by atoms with van der Waals surface area (Å²) < 4.78 is 5.33. The quantitative estimate of drug-likeness (QED) is 0.526. The number of likely N-dealkylation sites (N-methyl/N-ethyl adjacent to an activating group) is 1. The first-order valence-corrected chi connectivity index (χ1v) is 5.97. The number of rotatable bonds is 7. The second-order valence-electron chi connectivity index (χ2n) is 3.74. The molecule has 0 fully saturated rings. The molecule has 0 aliphatic carbocycles. The molecular weight excluding hydrogens is 217 g/mol. The predicted octanol–water partition coefficient (Wildman–Crippen LogP) is 0.229. The minimum atomic E-state index is -1.40. The van der Waals surface area contributed by atoms with E-state index in [1.807, 2.05) is 19.1 Å². The van der Waals surface area contributed by atoms with Crippen molar-refractivity contribution in [3.05, 3.63) is 24.3 Å². The summed E-state index contributed by atoms with van der Waals surface area (Å²) in [4.78, 5) is 2.18. The van der Waals surface area contributed by atoms with Crippen molar-refractivity contribution in [2.75, 3.05) is 31.2 Å². The maximum Gasteiger partial charge on any atom is 0.488 e. The molecule has 0 spiro atoms. The fourth-order valence-corrected chi connectivity index (χ4v) is 1.65. The first kappa shape index (κ1) is 14.0. The van der Waals surface area contributed by atoms with Crippen molar-refractivity contribution in [1.29, 1.82) is 0 Å². The average Bonchev–Trinajstić information content (AvgIpc) is 2.35. The van der Waals surface area contributed by atoms with E-state index < -0.39 is 7.12 Å². The highest BCUT2D eigenvalue weighted by Crippen LogP contribution is 2.11. The Kier molecular flexibility index (Phi) is 6.04. The van der Waals surface area contributed by atoms with E-state index in [0.717, 1.165) is 25.4 Å². The lowest BCUT2D eigenvalue weighted by atomic mass is 9.80. The summed E-state index contributed by atoms with van der Waals surface area (Å²) in [5.41, 5.74) is 1.58. The molecule has 0 amide bonds. The number of anilines is 1. The summed E-state index contributed by atoms with van der Waals surface area (Å²) in [6, 6.07) is 7.24. The van der Waals surface area contributed by atoms with E-state index in [-0.39, 0.29) is 0 Å². The van der Waals surface area contributed by atoms with Crippen molar-refractivity contribution >= 4 is 18.3 Å². The first-order chi connectivity index (χ1) is 8.19. The SMILES string of the molecule is CCOCCN(CC)c1ccc(B(O)O)cc1. The second-order valence-corrected chi connectivity index (χ2v) is 3.74. The zero-order valence-corrected chi connectivity index (χ0v) is 10.5. The molecule has 0 atom stereocenters. The van der Waals surface area contributed by atoms with Crippen molar-refractivity contribution in [3.8, 4) is 0 Å². The third-order valence-electron chi connectivity index (χ3n) is 2.65. The fraction of sp³-hybridized carbons (Fsp3) is 0.500. The number of hydrogen-bond acceptors (Lipinski definition) is 4. The van der Waals surface area contributed by atoms with Crippen LogP contribution in [0.1, 0.15) is 13.8 Å². The third kappa shape index (κ3) is 4.38. The van der Waals surface area contributed by atoms with Crippen LogP contribution in [0, 0.1) is 0 Å². The lowest BCUT2D eigenvalue weighted by Gasteiger charge is -2.23. The first-order valence-electron chi connectivity index (χ1n) is 5.97. The lowest BCUT2D eigenvalue weighted by molar-refractivity contribution is 0.154. The van der Waals surface area contributed by atoms with Gasteiger partial charge in [0.2, 0.25) is 0 Å². The average molecular weight is 237 g/mol. The Morgan fingerprint density at radius 1 is 1.18 bits per heavy atom. The highest BCUT2D eigenvalue weighted by atomic mass is 16.5. The van der Waals surface area contributed by atoms with Crippen molar-refractivity contribution in [3.63, 3.8) is 0 Å². The van der Waals surface area contributed by atoms with Crippen LogP contribution < -0.4 is 10.4 Å². The fourth-order valence-electron chi connectivity index (χ4n) is 1.65. The van der Waals surface area contributed by atoms with Crippen LogP contribution in [-0.2, 0) is 4.74 Å². The molecule has 0 aromatic heterocycles. The Balaban J connectivity index is 2.62. The smallest absolute Gasteiger partial charge is 0.423 e. The van der Waals surface area contributed by atoms with Gasteiger partial charge in [-0.05, 0) is 31.4 Å².